The van der Waals surface area contributed by atoms with Crippen molar-refractivity contribution in [3.8, 4) is 5.75 Å². The highest BCUT2D eigenvalue weighted by Crippen LogP contribution is 2.35. The molecule has 0 atom stereocenters. The summed E-state index contributed by atoms with van der Waals surface area (Å²) in [6.45, 7) is 4.58. The van der Waals surface area contributed by atoms with E-state index in [1.54, 1.807) is 0 Å². The topological polar surface area (TPSA) is 17.4 Å². The smallest absolute Gasteiger partial charge is 0.147 e. The third kappa shape index (κ3) is 3.65. The largest absolute Gasteiger partial charge is 0.490 e. The molecule has 0 radical (unpaired) electrons. The molecule has 4 heteroatoms. The quantitative estimate of drug-likeness (QED) is 0.610. The molecule has 0 saturated carbocycles. The molecule has 3 rings (SSSR count). The van der Waals surface area contributed by atoms with Gasteiger partial charge in [-0.3, -0.25) is 0 Å². The van der Waals surface area contributed by atoms with Gasteiger partial charge in [-0.05, 0) is 44.8 Å². The molecule has 24 heavy (non-hydrogen) atoms. The molecule has 3 nitrogen and oxygen atoms in total. The van der Waals surface area contributed by atoms with Gasteiger partial charge in [0.15, 0.2) is 0 Å². The van der Waals surface area contributed by atoms with Gasteiger partial charge in [0.05, 0.1) is 11.2 Å². The van der Waals surface area contributed by atoms with Crippen LogP contribution in [-0.4, -0.2) is 36.7 Å². The van der Waals surface area contributed by atoms with E-state index in [9.17, 15) is 0 Å². The average Bonchev–Trinajstić information content (AvgIpc) is 2.80. The van der Waals surface area contributed by atoms with Crippen LogP contribution >= 0.6 is 15.9 Å². The van der Waals surface area contributed by atoms with Crippen molar-refractivity contribution in [2.24, 2.45) is 0 Å². The number of halogens is 1. The molecule has 0 aliphatic carbocycles. The summed E-state index contributed by atoms with van der Waals surface area (Å²) in [5.74, 6) is 0.990. The van der Waals surface area contributed by atoms with Crippen LogP contribution in [-0.2, 0) is 6.54 Å². The number of hydrogen-bond donors (Lipinski definition) is 0. The van der Waals surface area contributed by atoms with Gasteiger partial charge in [0.1, 0.15) is 12.4 Å². The molecule has 1 aromatic heterocycles. The summed E-state index contributed by atoms with van der Waals surface area (Å²) < 4.78 is 9.56. The Kier molecular flexibility index (Phi) is 5.27. The molecule has 0 aliphatic rings. The Hall–Kier alpha value is -1.78. The zero-order valence-corrected chi connectivity index (χ0v) is 16.0. The van der Waals surface area contributed by atoms with E-state index in [1.165, 1.54) is 16.8 Å². The van der Waals surface area contributed by atoms with Crippen LogP contribution in [0.3, 0.4) is 0 Å². The first kappa shape index (κ1) is 17.1. The van der Waals surface area contributed by atoms with Crippen LogP contribution in [0.2, 0.25) is 0 Å². The zero-order valence-electron chi connectivity index (χ0n) is 14.4. The minimum Gasteiger partial charge on any atom is -0.490 e. The number of aromatic nitrogens is 1. The first-order chi connectivity index (χ1) is 11.6. The molecule has 0 amide bonds. The van der Waals surface area contributed by atoms with Crippen LogP contribution in [0, 0.1) is 6.92 Å². The summed E-state index contributed by atoms with van der Waals surface area (Å²) in [6.07, 6.45) is 0. The molecule has 0 fully saturated rings. The van der Waals surface area contributed by atoms with E-state index >= 15 is 0 Å². The van der Waals surface area contributed by atoms with E-state index in [0.717, 1.165) is 28.7 Å². The van der Waals surface area contributed by atoms with Gasteiger partial charge in [0.2, 0.25) is 0 Å². The highest BCUT2D eigenvalue weighted by Gasteiger charge is 2.16. The molecule has 0 bridgehead atoms. The van der Waals surface area contributed by atoms with Crippen LogP contribution in [0.25, 0.3) is 10.9 Å². The predicted octanol–water partition coefficient (Wildman–Crippen LogP) is 4.70. The molecular weight excluding hydrogens is 364 g/mol. The third-order valence-electron chi connectivity index (χ3n) is 4.20. The van der Waals surface area contributed by atoms with Crippen molar-refractivity contribution in [3.63, 3.8) is 0 Å². The molecule has 0 saturated heterocycles. The van der Waals surface area contributed by atoms with Gasteiger partial charge < -0.3 is 14.2 Å². The van der Waals surface area contributed by atoms with Gasteiger partial charge in [0.25, 0.3) is 0 Å². The van der Waals surface area contributed by atoms with Crippen molar-refractivity contribution in [2.75, 3.05) is 27.2 Å². The summed E-state index contributed by atoms with van der Waals surface area (Å²) in [5.41, 5.74) is 3.67. The second-order valence-corrected chi connectivity index (χ2v) is 7.22. The average molecular weight is 387 g/mol. The molecule has 1 heterocycles. The number of likely N-dealkylation sites (N-methyl/N-ethyl adjacent to an activating group) is 1. The second-order valence-electron chi connectivity index (χ2n) is 6.30. The van der Waals surface area contributed by atoms with Crippen LogP contribution < -0.4 is 4.74 Å². The van der Waals surface area contributed by atoms with Gasteiger partial charge in [-0.15, -0.1) is 0 Å². The fraction of sp³-hybridized carbons (Fsp3) is 0.300. The number of ether oxygens (including phenoxy) is 1. The van der Waals surface area contributed by atoms with Gasteiger partial charge >= 0.3 is 0 Å². The lowest BCUT2D eigenvalue weighted by Crippen LogP contribution is -2.19. The number of nitrogens with zero attached hydrogens (tertiary/aromatic N) is 2. The maximum absolute atomic E-state index is 6.15. The second kappa shape index (κ2) is 7.41. The number of fused-ring (bicyclic) bond motifs is 1. The summed E-state index contributed by atoms with van der Waals surface area (Å²) in [4.78, 5) is 2.13. The van der Waals surface area contributed by atoms with E-state index < -0.39 is 0 Å². The third-order valence-corrected chi connectivity index (χ3v) is 4.69. The minimum atomic E-state index is 0.685. The molecule has 126 valence electrons. The van der Waals surface area contributed by atoms with Gasteiger partial charge in [-0.25, -0.2) is 0 Å². The molecule has 0 unspecified atom stereocenters. The first-order valence-electron chi connectivity index (χ1n) is 8.16. The first-order valence-corrected chi connectivity index (χ1v) is 8.95. The predicted molar refractivity (Wildman–Crippen MR) is 104 cm³/mol. The molecule has 0 spiro atoms. The lowest BCUT2D eigenvalue weighted by atomic mass is 10.2. The van der Waals surface area contributed by atoms with E-state index in [2.05, 4.69) is 94.9 Å². The Morgan fingerprint density at radius 2 is 1.83 bits per heavy atom. The van der Waals surface area contributed by atoms with E-state index in [0.29, 0.717) is 6.61 Å². The van der Waals surface area contributed by atoms with E-state index in [1.807, 2.05) is 0 Å². The number of hydrogen-bond acceptors (Lipinski definition) is 2. The Morgan fingerprint density at radius 3 is 2.54 bits per heavy atom. The molecule has 0 aliphatic heterocycles. The molecule has 3 aromatic rings. The molecular formula is C20H23BrN2O. The fourth-order valence-corrected chi connectivity index (χ4v) is 3.27. The molecule has 2 aromatic carbocycles. The van der Waals surface area contributed by atoms with Crippen molar-refractivity contribution < 1.29 is 4.74 Å². The number of benzene rings is 2. The number of rotatable bonds is 6. The van der Waals surface area contributed by atoms with Crippen molar-refractivity contribution in [1.82, 2.24) is 9.47 Å². The van der Waals surface area contributed by atoms with Crippen LogP contribution in [0.1, 0.15) is 11.3 Å². The molecule has 0 N–H and O–H groups in total. The maximum atomic E-state index is 6.15. The van der Waals surface area contributed by atoms with E-state index in [4.69, 9.17) is 4.74 Å². The Morgan fingerprint density at radius 1 is 1.08 bits per heavy atom. The highest BCUT2D eigenvalue weighted by atomic mass is 79.9. The standard InChI is InChI=1S/C20H23BrN2O/c1-15-20(24-12-11-22(2)3)18-13-17(21)9-10-19(18)23(15)14-16-7-5-4-6-8-16/h4-10,13H,11-12,14H2,1-3H3. The Bertz CT molecular complexity index is 825. The SMILES string of the molecule is Cc1c(OCCN(C)C)c2cc(Br)ccc2n1Cc1ccccc1. The van der Waals surface area contributed by atoms with Gasteiger partial charge in [-0.1, -0.05) is 46.3 Å². The highest BCUT2D eigenvalue weighted by molar-refractivity contribution is 9.10. The van der Waals surface area contributed by atoms with Gasteiger partial charge in [0, 0.05) is 22.9 Å². The minimum absolute atomic E-state index is 0.685. The summed E-state index contributed by atoms with van der Waals surface area (Å²) in [7, 11) is 4.12. The van der Waals surface area contributed by atoms with Crippen LogP contribution in [0.4, 0.5) is 0 Å². The zero-order chi connectivity index (χ0) is 17.1. The summed E-state index contributed by atoms with van der Waals surface area (Å²) in [5, 5.41) is 1.16. The van der Waals surface area contributed by atoms with Crippen LogP contribution in [0.5, 0.6) is 5.75 Å². The van der Waals surface area contributed by atoms with Crippen molar-refractivity contribution >= 4 is 26.8 Å². The summed E-state index contributed by atoms with van der Waals surface area (Å²) >= 11 is 3.59. The Labute approximate surface area is 152 Å². The van der Waals surface area contributed by atoms with Crippen molar-refractivity contribution in [3.05, 3.63) is 64.3 Å². The maximum Gasteiger partial charge on any atom is 0.147 e. The monoisotopic (exact) mass is 386 g/mol. The van der Waals surface area contributed by atoms with E-state index in [-0.39, 0.29) is 0 Å². The normalized spacial score (nSPS) is 11.4. The fourth-order valence-electron chi connectivity index (χ4n) is 2.91. The summed E-state index contributed by atoms with van der Waals surface area (Å²) in [6, 6.07) is 16.9. The van der Waals surface area contributed by atoms with Crippen LogP contribution in [0.15, 0.2) is 53.0 Å². The lowest BCUT2D eigenvalue weighted by Gasteiger charge is -2.12. The lowest BCUT2D eigenvalue weighted by molar-refractivity contribution is 0.262. The Balaban J connectivity index is 2.00. The van der Waals surface area contributed by atoms with Gasteiger partial charge in [-0.2, -0.15) is 0 Å². The van der Waals surface area contributed by atoms with Crippen molar-refractivity contribution in [2.45, 2.75) is 13.5 Å². The van der Waals surface area contributed by atoms with Crippen molar-refractivity contribution in [1.29, 1.82) is 0 Å².